The molecule has 2 aromatic carbocycles. The quantitative estimate of drug-likeness (QED) is 0.559. The molecule has 11 heteroatoms. The van der Waals surface area contributed by atoms with Crippen LogP contribution < -0.4 is 5.32 Å². The van der Waals surface area contributed by atoms with Gasteiger partial charge in [-0.25, -0.2) is 9.18 Å². The number of halogens is 4. The highest BCUT2D eigenvalue weighted by Crippen LogP contribution is 2.46. The van der Waals surface area contributed by atoms with Gasteiger partial charge in [-0.15, -0.1) is 0 Å². The van der Waals surface area contributed by atoms with E-state index >= 15 is 0 Å². The molecule has 0 radical (unpaired) electrons. The molecule has 2 heterocycles. The van der Waals surface area contributed by atoms with Crippen LogP contribution in [0.5, 0.6) is 0 Å². The molecule has 0 aromatic heterocycles. The van der Waals surface area contributed by atoms with Crippen molar-refractivity contribution in [3.05, 3.63) is 71.0 Å². The van der Waals surface area contributed by atoms with Crippen LogP contribution in [0.4, 0.5) is 22.4 Å². The molecule has 2 aromatic rings. The Bertz CT molecular complexity index is 1210. The molecule has 7 nitrogen and oxygen atoms in total. The highest BCUT2D eigenvalue weighted by Gasteiger charge is 2.55. The van der Waals surface area contributed by atoms with E-state index in [0.29, 0.717) is 31.0 Å². The summed E-state index contributed by atoms with van der Waals surface area (Å²) in [5, 5.41) is 2.43. The van der Waals surface area contributed by atoms with Gasteiger partial charge >= 0.3 is 12.3 Å². The van der Waals surface area contributed by atoms with Crippen LogP contribution in [-0.2, 0) is 15.7 Å². The molecule has 0 aliphatic carbocycles. The van der Waals surface area contributed by atoms with Crippen molar-refractivity contribution in [1.82, 2.24) is 15.1 Å². The van der Waals surface area contributed by atoms with Gasteiger partial charge < -0.3 is 19.9 Å². The van der Waals surface area contributed by atoms with Gasteiger partial charge in [0.1, 0.15) is 17.5 Å². The van der Waals surface area contributed by atoms with Gasteiger partial charge in [0.05, 0.1) is 17.2 Å². The van der Waals surface area contributed by atoms with Crippen LogP contribution in [0.2, 0.25) is 0 Å². The SMILES string of the molecule is CC(C)[C@@H](NC(=O)c1cc(C(F)(F)F)ccc1F)C(=O)N1CCC2(CC1)OC(=O)N(C)C2c1ccccc1. The molecule has 2 aliphatic rings. The fourth-order valence-electron chi connectivity index (χ4n) is 5.21. The number of carbonyl (C=O) groups is 3. The van der Waals surface area contributed by atoms with Crippen LogP contribution in [0.1, 0.15) is 54.2 Å². The van der Waals surface area contributed by atoms with Gasteiger partial charge in [-0.1, -0.05) is 44.2 Å². The molecule has 3 amide bonds. The number of nitrogens with zero attached hydrogens (tertiary/aromatic N) is 2. The van der Waals surface area contributed by atoms with Crippen LogP contribution in [-0.4, -0.2) is 59.5 Å². The molecule has 2 saturated heterocycles. The summed E-state index contributed by atoms with van der Waals surface area (Å²) in [6.45, 7) is 3.83. The van der Waals surface area contributed by atoms with Crippen LogP contribution in [0, 0.1) is 11.7 Å². The average molecular weight is 536 g/mol. The Morgan fingerprint density at radius 1 is 1.08 bits per heavy atom. The molecular formula is C27H29F4N3O4. The average Bonchev–Trinajstić information content (AvgIpc) is 3.11. The van der Waals surface area contributed by atoms with Crippen molar-refractivity contribution in [3.8, 4) is 0 Å². The summed E-state index contributed by atoms with van der Waals surface area (Å²) in [7, 11) is 1.67. The topological polar surface area (TPSA) is 79.0 Å². The minimum atomic E-state index is -4.75. The number of amides is 3. The van der Waals surface area contributed by atoms with Gasteiger partial charge in [-0.05, 0) is 29.7 Å². The molecule has 0 saturated carbocycles. The Morgan fingerprint density at radius 2 is 1.71 bits per heavy atom. The van der Waals surface area contributed by atoms with Crippen molar-refractivity contribution in [3.63, 3.8) is 0 Å². The second-order valence-electron chi connectivity index (χ2n) is 10.1. The van der Waals surface area contributed by atoms with Crippen molar-refractivity contribution >= 4 is 17.9 Å². The summed E-state index contributed by atoms with van der Waals surface area (Å²) in [5.41, 5.74) is -1.87. The minimum Gasteiger partial charge on any atom is -0.440 e. The van der Waals surface area contributed by atoms with Crippen molar-refractivity contribution in [1.29, 1.82) is 0 Å². The maximum atomic E-state index is 14.3. The molecule has 1 N–H and O–H groups in total. The number of hydrogen-bond donors (Lipinski definition) is 1. The lowest BCUT2D eigenvalue weighted by molar-refractivity contribution is -0.139. The van der Waals surface area contributed by atoms with Crippen molar-refractivity contribution < 1.29 is 36.7 Å². The van der Waals surface area contributed by atoms with Gasteiger partial charge in [0.15, 0.2) is 0 Å². The van der Waals surface area contributed by atoms with E-state index in [2.05, 4.69) is 5.32 Å². The van der Waals surface area contributed by atoms with E-state index in [-0.39, 0.29) is 19.1 Å². The van der Waals surface area contributed by atoms with E-state index in [9.17, 15) is 31.9 Å². The molecule has 1 spiro atoms. The van der Waals surface area contributed by atoms with Crippen molar-refractivity contribution in [2.75, 3.05) is 20.1 Å². The number of benzene rings is 2. The summed E-state index contributed by atoms with van der Waals surface area (Å²) in [4.78, 5) is 41.8. The van der Waals surface area contributed by atoms with Gasteiger partial charge in [0.25, 0.3) is 5.91 Å². The van der Waals surface area contributed by atoms with E-state index in [0.717, 1.165) is 5.56 Å². The van der Waals surface area contributed by atoms with E-state index in [4.69, 9.17) is 4.74 Å². The standard InChI is InChI=1S/C27H29F4N3O4/c1-16(2)21(32-23(35)19-15-18(27(29,30)31)9-10-20(19)28)24(36)34-13-11-26(12-14-34)22(33(3)25(37)38-26)17-7-5-4-6-8-17/h4-10,15-16,21-22H,11-14H2,1-3H3,(H,32,35)/t21-,22?/m1/s1. The maximum absolute atomic E-state index is 14.3. The van der Waals surface area contributed by atoms with Gasteiger partial charge in [-0.3, -0.25) is 9.59 Å². The summed E-state index contributed by atoms with van der Waals surface area (Å²) >= 11 is 0. The number of hydrogen-bond acceptors (Lipinski definition) is 4. The predicted octanol–water partition coefficient (Wildman–Crippen LogP) is 4.78. The Balaban J connectivity index is 1.49. The first-order valence-electron chi connectivity index (χ1n) is 12.3. The zero-order valence-corrected chi connectivity index (χ0v) is 21.2. The monoisotopic (exact) mass is 535 g/mol. The Labute approximate surface area is 217 Å². The summed E-state index contributed by atoms with van der Waals surface area (Å²) < 4.78 is 59.3. The number of rotatable bonds is 5. The first-order chi connectivity index (χ1) is 17.8. The van der Waals surface area contributed by atoms with E-state index < -0.39 is 58.6 Å². The second-order valence-corrected chi connectivity index (χ2v) is 10.1. The van der Waals surface area contributed by atoms with Gasteiger partial charge in [-0.2, -0.15) is 13.2 Å². The van der Waals surface area contributed by atoms with Gasteiger partial charge in [0, 0.05) is 33.0 Å². The van der Waals surface area contributed by atoms with E-state index in [1.54, 1.807) is 25.8 Å². The lowest BCUT2D eigenvalue weighted by Gasteiger charge is -2.42. The number of piperidine rings is 1. The number of alkyl halides is 3. The zero-order valence-electron chi connectivity index (χ0n) is 21.2. The third-order valence-electron chi connectivity index (χ3n) is 7.26. The summed E-state index contributed by atoms with van der Waals surface area (Å²) in [6.07, 6.45) is -4.49. The number of nitrogens with one attached hydrogen (secondary N) is 1. The van der Waals surface area contributed by atoms with Crippen molar-refractivity contribution in [2.45, 2.75) is 50.6 Å². The van der Waals surface area contributed by atoms with Crippen LogP contribution >= 0.6 is 0 Å². The maximum Gasteiger partial charge on any atom is 0.416 e. The minimum absolute atomic E-state index is 0.236. The normalized spacial score (nSPS) is 20.0. The third-order valence-corrected chi connectivity index (χ3v) is 7.26. The molecule has 4 rings (SSSR count). The third kappa shape index (κ3) is 5.19. The van der Waals surface area contributed by atoms with E-state index in [1.165, 1.54) is 4.90 Å². The summed E-state index contributed by atoms with van der Waals surface area (Å²) in [6, 6.07) is 9.60. The Morgan fingerprint density at radius 3 is 2.29 bits per heavy atom. The summed E-state index contributed by atoms with van der Waals surface area (Å²) in [5.74, 6) is -3.10. The Kier molecular flexibility index (Phi) is 7.40. The molecule has 204 valence electrons. The first-order valence-corrected chi connectivity index (χ1v) is 12.3. The highest BCUT2D eigenvalue weighted by molar-refractivity contribution is 5.98. The number of likely N-dealkylation sites (tertiary alicyclic amines) is 1. The molecule has 2 aliphatic heterocycles. The predicted molar refractivity (Wildman–Crippen MR) is 129 cm³/mol. The first kappa shape index (κ1) is 27.4. The van der Waals surface area contributed by atoms with Crippen LogP contribution in [0.25, 0.3) is 0 Å². The van der Waals surface area contributed by atoms with Crippen LogP contribution in [0.15, 0.2) is 48.5 Å². The lowest BCUT2D eigenvalue weighted by Crippen LogP contribution is -2.56. The number of ether oxygens (including phenoxy) is 1. The molecule has 1 unspecified atom stereocenters. The molecular weight excluding hydrogens is 506 g/mol. The van der Waals surface area contributed by atoms with Crippen LogP contribution in [0.3, 0.4) is 0 Å². The molecule has 38 heavy (non-hydrogen) atoms. The lowest BCUT2D eigenvalue weighted by atomic mass is 9.80. The van der Waals surface area contributed by atoms with Gasteiger partial charge in [0.2, 0.25) is 5.91 Å². The zero-order chi connectivity index (χ0) is 27.8. The highest BCUT2D eigenvalue weighted by atomic mass is 19.4. The molecule has 2 atom stereocenters. The Hall–Kier alpha value is -3.63. The van der Waals surface area contributed by atoms with Crippen molar-refractivity contribution in [2.24, 2.45) is 5.92 Å². The number of likely N-dealkylation sites (N-methyl/N-ethyl adjacent to an activating group) is 1. The molecule has 2 fully saturated rings. The largest absolute Gasteiger partial charge is 0.440 e. The fourth-order valence-corrected chi connectivity index (χ4v) is 5.21. The molecule has 0 bridgehead atoms. The second kappa shape index (κ2) is 10.3. The number of carbonyl (C=O) groups excluding carboxylic acids is 3. The van der Waals surface area contributed by atoms with E-state index in [1.807, 2.05) is 30.3 Å². The fraction of sp³-hybridized carbons (Fsp3) is 0.444. The smallest absolute Gasteiger partial charge is 0.416 e.